The standard InChI is InChI=1S/C20H31N2O5P/c1-22-15-10-11-17(22)19(20(23)26-13-7-6-12-21)18(14-15)27-28(24,25-2)16-8-4-3-5-9-16/h3-5,8-9,15,17-19H,6-7,10-14,21H2,1-2H3/t15?,17?,18-,19+,28+/m0/s1. The molecule has 2 aliphatic rings. The molecule has 2 aliphatic heterocycles. The minimum atomic E-state index is -3.52. The fraction of sp³-hybridized carbons (Fsp3) is 0.650. The summed E-state index contributed by atoms with van der Waals surface area (Å²) in [6.45, 7) is 0.924. The molecule has 0 spiro atoms. The van der Waals surface area contributed by atoms with Crippen LogP contribution in [0.1, 0.15) is 32.1 Å². The fourth-order valence-electron chi connectivity index (χ4n) is 4.35. The van der Waals surface area contributed by atoms with Gasteiger partial charge in [0.05, 0.1) is 23.9 Å². The lowest BCUT2D eigenvalue weighted by Gasteiger charge is -2.42. The van der Waals surface area contributed by atoms with Gasteiger partial charge in [0.2, 0.25) is 0 Å². The van der Waals surface area contributed by atoms with Gasteiger partial charge in [0.15, 0.2) is 0 Å². The zero-order valence-corrected chi connectivity index (χ0v) is 17.6. The van der Waals surface area contributed by atoms with Gasteiger partial charge >= 0.3 is 13.6 Å². The number of ether oxygens (including phenoxy) is 1. The number of rotatable bonds is 9. The number of nitrogens with two attached hydrogens (primary N) is 1. The van der Waals surface area contributed by atoms with Gasteiger partial charge in [-0.05, 0) is 57.8 Å². The summed E-state index contributed by atoms with van der Waals surface area (Å²) >= 11 is 0. The number of piperidine rings is 1. The molecule has 156 valence electrons. The molecule has 0 radical (unpaired) electrons. The third-order valence-electron chi connectivity index (χ3n) is 5.92. The molecule has 2 heterocycles. The van der Waals surface area contributed by atoms with Gasteiger partial charge in [-0.1, -0.05) is 18.2 Å². The van der Waals surface area contributed by atoms with Crippen LogP contribution in [0, 0.1) is 5.92 Å². The van der Waals surface area contributed by atoms with Gasteiger partial charge in [-0.25, -0.2) is 0 Å². The molecule has 8 heteroatoms. The number of carbonyl (C=O) groups excluding carboxylic acids is 1. The first-order chi connectivity index (χ1) is 13.5. The highest BCUT2D eigenvalue weighted by Crippen LogP contribution is 2.52. The second kappa shape index (κ2) is 9.51. The number of hydrogen-bond acceptors (Lipinski definition) is 7. The van der Waals surface area contributed by atoms with E-state index in [1.54, 1.807) is 24.3 Å². The highest BCUT2D eigenvalue weighted by Gasteiger charge is 2.52. The highest BCUT2D eigenvalue weighted by molar-refractivity contribution is 7.62. The zero-order valence-electron chi connectivity index (χ0n) is 16.7. The van der Waals surface area contributed by atoms with E-state index in [0.717, 1.165) is 25.7 Å². The molecule has 7 nitrogen and oxygen atoms in total. The van der Waals surface area contributed by atoms with Gasteiger partial charge in [0, 0.05) is 19.2 Å². The Morgan fingerprint density at radius 2 is 2.00 bits per heavy atom. The molecule has 2 fully saturated rings. The molecule has 0 aliphatic carbocycles. The summed E-state index contributed by atoms with van der Waals surface area (Å²) < 4.78 is 30.4. The van der Waals surface area contributed by atoms with Crippen molar-refractivity contribution in [2.24, 2.45) is 11.7 Å². The average Bonchev–Trinajstić information content (AvgIpc) is 2.95. The van der Waals surface area contributed by atoms with E-state index >= 15 is 0 Å². The molecule has 5 atom stereocenters. The van der Waals surface area contributed by atoms with Crippen LogP contribution in [-0.4, -0.2) is 56.4 Å². The number of esters is 1. The molecule has 28 heavy (non-hydrogen) atoms. The fourth-order valence-corrected chi connectivity index (χ4v) is 5.88. The van der Waals surface area contributed by atoms with Crippen molar-refractivity contribution in [1.29, 1.82) is 0 Å². The van der Waals surface area contributed by atoms with Crippen molar-refractivity contribution in [2.75, 3.05) is 27.3 Å². The van der Waals surface area contributed by atoms with Gasteiger partial charge in [0.25, 0.3) is 0 Å². The Morgan fingerprint density at radius 1 is 1.25 bits per heavy atom. The summed E-state index contributed by atoms with van der Waals surface area (Å²) in [5, 5.41) is 0.499. The first-order valence-electron chi connectivity index (χ1n) is 9.98. The molecule has 2 N–H and O–H groups in total. The maximum Gasteiger partial charge on any atom is 0.361 e. The van der Waals surface area contributed by atoms with Crippen LogP contribution in [0.15, 0.2) is 30.3 Å². The van der Waals surface area contributed by atoms with Crippen LogP contribution in [-0.2, 0) is 23.1 Å². The lowest BCUT2D eigenvalue weighted by Crippen LogP contribution is -2.53. The molecular weight excluding hydrogens is 379 g/mol. The molecule has 0 amide bonds. The normalized spacial score (nSPS) is 29.4. The maximum atomic E-state index is 13.4. The molecule has 2 saturated heterocycles. The Bertz CT molecular complexity index is 701. The van der Waals surface area contributed by atoms with Crippen molar-refractivity contribution >= 4 is 18.9 Å². The lowest BCUT2D eigenvalue weighted by molar-refractivity contribution is -0.158. The minimum Gasteiger partial charge on any atom is -0.465 e. The Kier molecular flexibility index (Phi) is 7.29. The SMILES string of the molecule is CO[P@@](=O)(O[C@H]1CC2CCC([C@H]1C(=O)OCCCCN)N2C)c1ccccc1. The Labute approximate surface area is 167 Å². The summed E-state index contributed by atoms with van der Waals surface area (Å²) in [5.74, 6) is -0.760. The third-order valence-corrected chi connectivity index (χ3v) is 7.88. The van der Waals surface area contributed by atoms with E-state index in [-0.39, 0.29) is 12.0 Å². The Balaban J connectivity index is 1.78. The van der Waals surface area contributed by atoms with Crippen LogP contribution in [0.25, 0.3) is 0 Å². The first kappa shape index (κ1) is 21.5. The van der Waals surface area contributed by atoms with Crippen molar-refractivity contribution in [3.8, 4) is 0 Å². The van der Waals surface area contributed by atoms with E-state index in [9.17, 15) is 9.36 Å². The number of unbranched alkanes of at least 4 members (excludes halogenated alkanes) is 1. The second-order valence-electron chi connectivity index (χ2n) is 7.55. The molecule has 0 aromatic heterocycles. The average molecular weight is 410 g/mol. The summed E-state index contributed by atoms with van der Waals surface area (Å²) in [6, 6.07) is 9.25. The summed E-state index contributed by atoms with van der Waals surface area (Å²) in [5.41, 5.74) is 5.51. The van der Waals surface area contributed by atoms with Crippen LogP contribution in [0.3, 0.4) is 0 Å². The summed E-state index contributed by atoms with van der Waals surface area (Å²) in [7, 11) is -0.0941. The smallest absolute Gasteiger partial charge is 0.361 e. The summed E-state index contributed by atoms with van der Waals surface area (Å²) in [6.07, 6.45) is 3.60. The predicted octanol–water partition coefficient (Wildman–Crippen LogP) is 2.30. The van der Waals surface area contributed by atoms with Crippen LogP contribution in [0.2, 0.25) is 0 Å². The van der Waals surface area contributed by atoms with E-state index < -0.39 is 19.6 Å². The van der Waals surface area contributed by atoms with E-state index in [1.165, 1.54) is 7.11 Å². The van der Waals surface area contributed by atoms with Gasteiger partial charge in [-0.2, -0.15) is 0 Å². The van der Waals surface area contributed by atoms with Gasteiger partial charge in [-0.3, -0.25) is 14.3 Å². The maximum absolute atomic E-state index is 13.4. The lowest BCUT2D eigenvalue weighted by atomic mass is 9.88. The highest BCUT2D eigenvalue weighted by atomic mass is 31.2. The van der Waals surface area contributed by atoms with E-state index in [2.05, 4.69) is 4.90 Å². The van der Waals surface area contributed by atoms with Crippen molar-refractivity contribution in [3.63, 3.8) is 0 Å². The van der Waals surface area contributed by atoms with Crippen molar-refractivity contribution in [2.45, 2.75) is 50.3 Å². The van der Waals surface area contributed by atoms with Crippen LogP contribution in [0.4, 0.5) is 0 Å². The van der Waals surface area contributed by atoms with Crippen LogP contribution < -0.4 is 11.0 Å². The van der Waals surface area contributed by atoms with Crippen molar-refractivity contribution < 1.29 is 23.1 Å². The number of hydrogen-bond donors (Lipinski definition) is 1. The first-order valence-corrected chi connectivity index (χ1v) is 11.5. The van der Waals surface area contributed by atoms with Gasteiger partial charge in [0.1, 0.15) is 0 Å². The largest absolute Gasteiger partial charge is 0.465 e. The monoisotopic (exact) mass is 410 g/mol. The Hall–Kier alpha value is -1.24. The second-order valence-corrected chi connectivity index (χ2v) is 9.64. The molecule has 0 saturated carbocycles. The molecule has 2 unspecified atom stereocenters. The van der Waals surface area contributed by atoms with Crippen molar-refractivity contribution in [3.05, 3.63) is 30.3 Å². The number of carbonyl (C=O) groups is 1. The van der Waals surface area contributed by atoms with Crippen molar-refractivity contribution in [1.82, 2.24) is 4.90 Å². The number of nitrogens with zero attached hydrogens (tertiary/aromatic N) is 1. The van der Waals surface area contributed by atoms with Gasteiger partial charge in [-0.15, -0.1) is 0 Å². The van der Waals surface area contributed by atoms with E-state index in [0.29, 0.717) is 30.9 Å². The Morgan fingerprint density at radius 3 is 2.68 bits per heavy atom. The van der Waals surface area contributed by atoms with E-state index in [1.807, 2.05) is 13.1 Å². The van der Waals surface area contributed by atoms with E-state index in [4.69, 9.17) is 19.5 Å². The number of benzene rings is 1. The number of fused-ring (bicyclic) bond motifs is 2. The predicted molar refractivity (Wildman–Crippen MR) is 107 cm³/mol. The zero-order chi connectivity index (χ0) is 20.1. The molecular formula is C20H31N2O5P. The van der Waals surface area contributed by atoms with Crippen LogP contribution >= 0.6 is 7.60 Å². The third kappa shape index (κ3) is 4.50. The molecule has 1 aromatic rings. The molecule has 3 rings (SSSR count). The van der Waals surface area contributed by atoms with Crippen LogP contribution in [0.5, 0.6) is 0 Å². The van der Waals surface area contributed by atoms with Gasteiger partial charge < -0.3 is 19.5 Å². The molecule has 1 aromatic carbocycles. The quantitative estimate of drug-likeness (QED) is 0.379. The summed E-state index contributed by atoms with van der Waals surface area (Å²) in [4.78, 5) is 15.2. The topological polar surface area (TPSA) is 91.1 Å². The molecule has 2 bridgehead atoms. The minimum absolute atomic E-state index is 0.0341.